The first kappa shape index (κ1) is 15.6. The van der Waals surface area contributed by atoms with Gasteiger partial charge in [0, 0.05) is 4.90 Å². The number of anilines is 1. The molecule has 0 saturated heterocycles. The van der Waals surface area contributed by atoms with E-state index in [1.807, 2.05) is 24.3 Å². The van der Waals surface area contributed by atoms with E-state index in [1.54, 1.807) is 12.1 Å². The lowest BCUT2D eigenvalue weighted by molar-refractivity contribution is -0.145. The molecule has 2 aromatic rings. The van der Waals surface area contributed by atoms with Gasteiger partial charge in [-0.3, -0.25) is 9.59 Å². The van der Waals surface area contributed by atoms with E-state index in [0.29, 0.717) is 5.56 Å². The van der Waals surface area contributed by atoms with Crippen molar-refractivity contribution in [3.63, 3.8) is 0 Å². The molecule has 1 amide bonds. The van der Waals surface area contributed by atoms with Gasteiger partial charge in [-0.2, -0.15) is 0 Å². The summed E-state index contributed by atoms with van der Waals surface area (Å²) in [4.78, 5) is 24.9. The summed E-state index contributed by atoms with van der Waals surface area (Å²) in [5.41, 5.74) is 1.33. The monoisotopic (exact) mass is 331 g/mol. The molecule has 0 spiro atoms. The second kappa shape index (κ2) is 6.83. The van der Waals surface area contributed by atoms with Gasteiger partial charge in [0.25, 0.3) is 0 Å². The number of nitrogens with one attached hydrogen (secondary N) is 1. The molecule has 6 heteroatoms. The molecule has 0 aliphatic carbocycles. The van der Waals surface area contributed by atoms with E-state index in [0.717, 1.165) is 10.6 Å². The zero-order valence-corrected chi connectivity index (χ0v) is 12.9. The van der Waals surface area contributed by atoms with Crippen LogP contribution in [0, 0.1) is 5.82 Å². The topological polar surface area (TPSA) is 55.4 Å². The van der Waals surface area contributed by atoms with E-state index in [2.05, 4.69) is 5.32 Å². The molecule has 0 fully saturated rings. The van der Waals surface area contributed by atoms with E-state index in [9.17, 15) is 14.0 Å². The van der Waals surface area contributed by atoms with Gasteiger partial charge in [-0.1, -0.05) is 24.3 Å². The minimum absolute atomic E-state index is 0.00775. The standard InChI is InChI=1S/C17H14FNO3S/c18-12-5-3-4-11(8-12)10-22-16(20)9-15-17(21)19-13-6-1-2-7-14(13)23-15/h1-8,15H,9-10H2,(H,19,21)/t15-/m0/s1. The summed E-state index contributed by atoms with van der Waals surface area (Å²) in [6.45, 7) is -0.00775. The van der Waals surface area contributed by atoms with Gasteiger partial charge in [0.05, 0.1) is 17.4 Å². The van der Waals surface area contributed by atoms with E-state index in [4.69, 9.17) is 4.74 Å². The fraction of sp³-hybridized carbons (Fsp3) is 0.176. The maximum absolute atomic E-state index is 13.1. The molecule has 23 heavy (non-hydrogen) atoms. The Morgan fingerprint density at radius 3 is 2.87 bits per heavy atom. The van der Waals surface area contributed by atoms with Crippen molar-refractivity contribution in [1.29, 1.82) is 0 Å². The van der Waals surface area contributed by atoms with Gasteiger partial charge in [0.2, 0.25) is 5.91 Å². The molecule has 0 unspecified atom stereocenters. The molecule has 0 aromatic heterocycles. The van der Waals surface area contributed by atoms with E-state index >= 15 is 0 Å². The van der Waals surface area contributed by atoms with Crippen molar-refractivity contribution in [3.05, 3.63) is 59.9 Å². The summed E-state index contributed by atoms with van der Waals surface area (Å²) in [6.07, 6.45) is -0.0276. The van der Waals surface area contributed by atoms with Crippen LogP contribution in [0.3, 0.4) is 0 Å². The molecular weight excluding hydrogens is 317 g/mol. The normalized spacial score (nSPS) is 16.4. The third kappa shape index (κ3) is 3.90. The minimum Gasteiger partial charge on any atom is -0.461 e. The first-order valence-electron chi connectivity index (χ1n) is 7.08. The van der Waals surface area contributed by atoms with Gasteiger partial charge in [0.1, 0.15) is 12.4 Å². The molecule has 3 rings (SSSR count). The van der Waals surface area contributed by atoms with Crippen LogP contribution in [0.2, 0.25) is 0 Å². The number of ether oxygens (including phenoxy) is 1. The Kier molecular flexibility index (Phi) is 4.62. The van der Waals surface area contributed by atoms with Crippen LogP contribution in [0.15, 0.2) is 53.4 Å². The minimum atomic E-state index is -0.523. The van der Waals surface area contributed by atoms with Crippen molar-refractivity contribution in [2.75, 3.05) is 5.32 Å². The predicted molar refractivity (Wildman–Crippen MR) is 85.5 cm³/mol. The number of hydrogen-bond donors (Lipinski definition) is 1. The maximum Gasteiger partial charge on any atom is 0.307 e. The number of benzene rings is 2. The second-order valence-electron chi connectivity index (χ2n) is 5.09. The van der Waals surface area contributed by atoms with Gasteiger partial charge in [0.15, 0.2) is 0 Å². The summed E-state index contributed by atoms with van der Waals surface area (Å²) >= 11 is 1.34. The second-order valence-corrected chi connectivity index (χ2v) is 6.33. The number of thioether (sulfide) groups is 1. The Labute approximate surface area is 137 Å². The Morgan fingerprint density at radius 1 is 1.22 bits per heavy atom. The molecule has 4 nitrogen and oxygen atoms in total. The van der Waals surface area contributed by atoms with Crippen molar-refractivity contribution in [3.8, 4) is 0 Å². The molecule has 1 heterocycles. The Morgan fingerprint density at radius 2 is 2.04 bits per heavy atom. The Hall–Kier alpha value is -2.34. The van der Waals surface area contributed by atoms with Crippen molar-refractivity contribution in [2.24, 2.45) is 0 Å². The number of carbonyl (C=O) groups is 2. The number of hydrogen-bond acceptors (Lipinski definition) is 4. The molecule has 1 atom stereocenters. The van der Waals surface area contributed by atoms with Gasteiger partial charge >= 0.3 is 5.97 Å². The first-order chi connectivity index (χ1) is 11.1. The zero-order chi connectivity index (χ0) is 16.2. The average Bonchev–Trinajstić information content (AvgIpc) is 2.54. The predicted octanol–water partition coefficient (Wildman–Crippen LogP) is 3.37. The Balaban J connectivity index is 1.57. The van der Waals surface area contributed by atoms with Crippen molar-refractivity contribution in [1.82, 2.24) is 0 Å². The van der Waals surface area contributed by atoms with Crippen LogP contribution in [-0.2, 0) is 20.9 Å². The molecule has 1 N–H and O–H groups in total. The maximum atomic E-state index is 13.1. The summed E-state index contributed by atoms with van der Waals surface area (Å²) < 4.78 is 18.2. The third-order valence-corrected chi connectivity index (χ3v) is 4.62. The molecule has 2 aromatic carbocycles. The SMILES string of the molecule is O=C(C[C@@H]1Sc2ccccc2NC1=O)OCc1cccc(F)c1. The third-order valence-electron chi connectivity index (χ3n) is 3.35. The highest BCUT2D eigenvalue weighted by Crippen LogP contribution is 2.36. The van der Waals surface area contributed by atoms with Crippen LogP contribution in [0.1, 0.15) is 12.0 Å². The van der Waals surface area contributed by atoms with Gasteiger partial charge in [-0.25, -0.2) is 4.39 Å². The number of fused-ring (bicyclic) bond motifs is 1. The van der Waals surface area contributed by atoms with E-state index in [1.165, 1.54) is 23.9 Å². The van der Waals surface area contributed by atoms with Crippen LogP contribution in [0.4, 0.5) is 10.1 Å². The lowest BCUT2D eigenvalue weighted by atomic mass is 10.2. The van der Waals surface area contributed by atoms with Crippen LogP contribution in [0.5, 0.6) is 0 Å². The van der Waals surface area contributed by atoms with E-state index < -0.39 is 11.2 Å². The van der Waals surface area contributed by atoms with Crippen LogP contribution in [-0.4, -0.2) is 17.1 Å². The summed E-state index contributed by atoms with van der Waals surface area (Å²) in [7, 11) is 0. The highest BCUT2D eigenvalue weighted by atomic mass is 32.2. The first-order valence-corrected chi connectivity index (χ1v) is 7.96. The van der Waals surface area contributed by atoms with Gasteiger partial charge < -0.3 is 10.1 Å². The van der Waals surface area contributed by atoms with Crippen LogP contribution >= 0.6 is 11.8 Å². The van der Waals surface area contributed by atoms with Crippen molar-refractivity contribution < 1.29 is 18.7 Å². The largest absolute Gasteiger partial charge is 0.461 e. The zero-order valence-electron chi connectivity index (χ0n) is 12.1. The van der Waals surface area contributed by atoms with Gasteiger partial charge in [-0.05, 0) is 29.8 Å². The van der Waals surface area contributed by atoms with E-state index in [-0.39, 0.29) is 24.8 Å². The molecule has 1 aliphatic heterocycles. The average molecular weight is 331 g/mol. The summed E-state index contributed by atoms with van der Waals surface area (Å²) in [5.74, 6) is -1.07. The Bertz CT molecular complexity index is 750. The molecule has 0 bridgehead atoms. The molecule has 0 saturated carbocycles. The number of para-hydroxylation sites is 1. The van der Waals surface area contributed by atoms with Crippen molar-refractivity contribution >= 4 is 29.3 Å². The quantitative estimate of drug-likeness (QED) is 0.873. The molecular formula is C17H14FNO3S. The smallest absolute Gasteiger partial charge is 0.307 e. The van der Waals surface area contributed by atoms with Gasteiger partial charge in [-0.15, -0.1) is 11.8 Å². The fourth-order valence-electron chi connectivity index (χ4n) is 2.23. The number of amides is 1. The number of rotatable bonds is 4. The number of carbonyl (C=O) groups excluding carboxylic acids is 2. The lowest BCUT2D eigenvalue weighted by Crippen LogP contribution is -2.31. The number of halogens is 1. The summed E-state index contributed by atoms with van der Waals surface area (Å²) in [5, 5.41) is 2.26. The molecule has 118 valence electrons. The lowest BCUT2D eigenvalue weighted by Gasteiger charge is -2.23. The highest BCUT2D eigenvalue weighted by Gasteiger charge is 2.29. The molecule has 0 radical (unpaired) electrons. The number of esters is 1. The van der Waals surface area contributed by atoms with Crippen molar-refractivity contribution in [2.45, 2.75) is 23.2 Å². The van der Waals surface area contributed by atoms with Crippen LogP contribution in [0.25, 0.3) is 0 Å². The molecule has 1 aliphatic rings. The highest BCUT2D eigenvalue weighted by molar-refractivity contribution is 8.01. The summed E-state index contributed by atoms with van der Waals surface area (Å²) in [6, 6.07) is 13.3. The van der Waals surface area contributed by atoms with Crippen LogP contribution < -0.4 is 5.32 Å². The fourth-order valence-corrected chi connectivity index (χ4v) is 3.32.